The van der Waals surface area contributed by atoms with Crippen molar-refractivity contribution in [3.63, 3.8) is 0 Å². The van der Waals surface area contributed by atoms with E-state index in [0.717, 1.165) is 31.5 Å². The molecule has 1 aliphatic rings. The largest absolute Gasteiger partial charge is 0.350 e. The minimum Gasteiger partial charge on any atom is -0.350 e. The number of carbonyl (C=O) groups is 2. The van der Waals surface area contributed by atoms with Gasteiger partial charge in [0.1, 0.15) is 0 Å². The summed E-state index contributed by atoms with van der Waals surface area (Å²) in [4.78, 5) is 26.0. The van der Waals surface area contributed by atoms with Crippen LogP contribution in [0.15, 0.2) is 30.3 Å². The fraction of sp³-hybridized carbons (Fsp3) is 0.474. The minimum absolute atomic E-state index is 0.100. The van der Waals surface area contributed by atoms with Crippen LogP contribution < -0.4 is 5.32 Å². The first-order chi connectivity index (χ1) is 11.4. The van der Waals surface area contributed by atoms with Gasteiger partial charge in [-0.1, -0.05) is 37.6 Å². The lowest BCUT2D eigenvalue weighted by Gasteiger charge is -2.32. The van der Waals surface area contributed by atoms with Crippen molar-refractivity contribution in [3.8, 4) is 0 Å². The molecule has 1 aromatic carbocycles. The first-order valence-corrected chi connectivity index (χ1v) is 8.83. The summed E-state index contributed by atoms with van der Waals surface area (Å²) in [6.45, 7) is 5.55. The number of halogens is 1. The molecular weight excluding hydrogens is 324 g/mol. The summed E-state index contributed by atoms with van der Waals surface area (Å²) in [6.07, 6.45) is 5.53. The van der Waals surface area contributed by atoms with Gasteiger partial charge >= 0.3 is 0 Å². The van der Waals surface area contributed by atoms with E-state index in [9.17, 15) is 9.59 Å². The summed E-state index contributed by atoms with van der Waals surface area (Å²) >= 11 is 5.83. The number of hydrogen-bond acceptors (Lipinski definition) is 2. The third-order valence-electron chi connectivity index (χ3n) is 4.07. The Hall–Kier alpha value is -1.81. The molecule has 0 saturated carbocycles. The third-order valence-corrected chi connectivity index (χ3v) is 4.33. The van der Waals surface area contributed by atoms with E-state index in [0.29, 0.717) is 17.4 Å². The van der Waals surface area contributed by atoms with E-state index in [1.54, 1.807) is 24.3 Å². The number of hydrogen-bond donors (Lipinski definition) is 1. The van der Waals surface area contributed by atoms with Crippen LogP contribution in [-0.4, -0.2) is 35.8 Å². The van der Waals surface area contributed by atoms with Gasteiger partial charge in [-0.05, 0) is 42.5 Å². The fourth-order valence-electron chi connectivity index (χ4n) is 2.75. The van der Waals surface area contributed by atoms with Crippen molar-refractivity contribution < 1.29 is 9.59 Å². The number of nitrogens with one attached hydrogen (secondary N) is 1. The maximum absolute atomic E-state index is 12.0. The van der Waals surface area contributed by atoms with E-state index in [1.807, 2.05) is 17.0 Å². The molecule has 0 aromatic heterocycles. The van der Waals surface area contributed by atoms with Crippen LogP contribution in [0.1, 0.15) is 38.7 Å². The van der Waals surface area contributed by atoms with Crippen LogP contribution in [0.5, 0.6) is 0 Å². The molecule has 1 saturated heterocycles. The Morgan fingerprint density at radius 3 is 2.46 bits per heavy atom. The highest BCUT2D eigenvalue weighted by molar-refractivity contribution is 6.30. The summed E-state index contributed by atoms with van der Waals surface area (Å²) in [5.41, 5.74) is 0.934. The molecule has 2 amide bonds. The number of carbonyl (C=O) groups excluding carboxylic acids is 2. The molecule has 1 heterocycles. The van der Waals surface area contributed by atoms with E-state index in [2.05, 4.69) is 19.2 Å². The van der Waals surface area contributed by atoms with Crippen LogP contribution >= 0.6 is 11.6 Å². The normalized spacial score (nSPS) is 15.9. The van der Waals surface area contributed by atoms with Crippen molar-refractivity contribution in [2.75, 3.05) is 13.1 Å². The summed E-state index contributed by atoms with van der Waals surface area (Å²) in [5.74, 6) is 0.502. The number of amides is 2. The van der Waals surface area contributed by atoms with Crippen LogP contribution in [0.4, 0.5) is 0 Å². The maximum Gasteiger partial charge on any atom is 0.244 e. The zero-order valence-corrected chi connectivity index (χ0v) is 15.1. The molecule has 0 bridgehead atoms. The monoisotopic (exact) mass is 348 g/mol. The predicted molar refractivity (Wildman–Crippen MR) is 97.7 cm³/mol. The van der Waals surface area contributed by atoms with Crippen LogP contribution in [0, 0.1) is 5.92 Å². The van der Waals surface area contributed by atoms with Gasteiger partial charge in [0.2, 0.25) is 11.8 Å². The second-order valence-corrected chi connectivity index (χ2v) is 7.08. The number of nitrogens with zero attached hydrogens (tertiary/aromatic N) is 1. The molecule has 5 heteroatoms. The van der Waals surface area contributed by atoms with Gasteiger partial charge in [-0.3, -0.25) is 9.59 Å². The number of rotatable bonds is 5. The molecule has 0 radical (unpaired) electrons. The number of likely N-dealkylation sites (tertiary alicyclic amines) is 1. The quantitative estimate of drug-likeness (QED) is 0.828. The molecule has 24 heavy (non-hydrogen) atoms. The Bertz CT molecular complexity index is 588. The highest BCUT2D eigenvalue weighted by Crippen LogP contribution is 2.14. The van der Waals surface area contributed by atoms with Gasteiger partial charge in [0, 0.05) is 36.7 Å². The molecule has 1 N–H and O–H groups in total. The molecule has 1 aromatic rings. The van der Waals surface area contributed by atoms with Gasteiger partial charge in [-0.15, -0.1) is 0 Å². The topological polar surface area (TPSA) is 49.4 Å². The van der Waals surface area contributed by atoms with Crippen molar-refractivity contribution >= 4 is 29.5 Å². The Morgan fingerprint density at radius 2 is 1.88 bits per heavy atom. The Labute approximate surface area is 148 Å². The zero-order valence-electron chi connectivity index (χ0n) is 14.3. The smallest absolute Gasteiger partial charge is 0.244 e. The zero-order chi connectivity index (χ0) is 17.5. The summed E-state index contributed by atoms with van der Waals surface area (Å²) < 4.78 is 0. The Kier molecular flexibility index (Phi) is 6.85. The van der Waals surface area contributed by atoms with E-state index < -0.39 is 0 Å². The Balaban J connectivity index is 1.76. The van der Waals surface area contributed by atoms with E-state index in [1.165, 1.54) is 0 Å². The van der Waals surface area contributed by atoms with Crippen molar-refractivity contribution in [3.05, 3.63) is 40.9 Å². The molecule has 4 nitrogen and oxygen atoms in total. The lowest BCUT2D eigenvalue weighted by Crippen LogP contribution is -2.46. The van der Waals surface area contributed by atoms with Gasteiger partial charge in [0.15, 0.2) is 0 Å². The van der Waals surface area contributed by atoms with Crippen LogP contribution in [0.2, 0.25) is 5.02 Å². The van der Waals surface area contributed by atoms with Gasteiger partial charge in [0.25, 0.3) is 0 Å². The van der Waals surface area contributed by atoms with E-state index in [-0.39, 0.29) is 17.9 Å². The van der Waals surface area contributed by atoms with Crippen LogP contribution in [0.25, 0.3) is 6.08 Å². The summed E-state index contributed by atoms with van der Waals surface area (Å²) in [6, 6.07) is 7.46. The van der Waals surface area contributed by atoms with Gasteiger partial charge < -0.3 is 10.2 Å². The van der Waals surface area contributed by atoms with Crippen molar-refractivity contribution in [2.24, 2.45) is 5.92 Å². The molecule has 130 valence electrons. The van der Waals surface area contributed by atoms with Gasteiger partial charge in [0.05, 0.1) is 0 Å². The third kappa shape index (κ3) is 6.00. The first kappa shape index (κ1) is 18.5. The highest BCUT2D eigenvalue weighted by Gasteiger charge is 2.23. The van der Waals surface area contributed by atoms with Crippen LogP contribution in [-0.2, 0) is 9.59 Å². The molecule has 1 fully saturated rings. The van der Waals surface area contributed by atoms with Gasteiger partial charge in [-0.2, -0.15) is 0 Å². The first-order valence-electron chi connectivity index (χ1n) is 8.46. The molecule has 0 aliphatic carbocycles. The van der Waals surface area contributed by atoms with Crippen LogP contribution in [0.3, 0.4) is 0 Å². The highest BCUT2D eigenvalue weighted by atomic mass is 35.5. The fourth-order valence-corrected chi connectivity index (χ4v) is 2.87. The van der Waals surface area contributed by atoms with Crippen molar-refractivity contribution in [1.29, 1.82) is 0 Å². The molecule has 2 rings (SSSR count). The minimum atomic E-state index is -0.100. The standard InChI is InChI=1S/C19H25ClN2O2/c1-14(2)13-19(24)22-11-9-17(10-12-22)21-18(23)8-5-15-3-6-16(20)7-4-15/h3-8,14,17H,9-13H2,1-2H3,(H,21,23). The van der Waals surface area contributed by atoms with E-state index >= 15 is 0 Å². The lowest BCUT2D eigenvalue weighted by atomic mass is 10.0. The average molecular weight is 349 g/mol. The van der Waals surface area contributed by atoms with Crippen molar-refractivity contribution in [2.45, 2.75) is 39.2 Å². The molecule has 0 unspecified atom stereocenters. The molecule has 0 atom stereocenters. The average Bonchev–Trinajstić information content (AvgIpc) is 2.54. The van der Waals surface area contributed by atoms with Crippen molar-refractivity contribution in [1.82, 2.24) is 10.2 Å². The summed E-state index contributed by atoms with van der Waals surface area (Å²) in [7, 11) is 0. The SMILES string of the molecule is CC(C)CC(=O)N1CCC(NC(=O)C=Cc2ccc(Cl)cc2)CC1. The number of piperidine rings is 1. The second kappa shape index (κ2) is 8.88. The molecule has 1 aliphatic heterocycles. The second-order valence-electron chi connectivity index (χ2n) is 6.65. The van der Waals surface area contributed by atoms with E-state index in [4.69, 9.17) is 11.6 Å². The van der Waals surface area contributed by atoms with Gasteiger partial charge in [-0.25, -0.2) is 0 Å². The lowest BCUT2D eigenvalue weighted by molar-refractivity contribution is -0.133. The molecule has 0 spiro atoms. The maximum atomic E-state index is 12.0. The predicted octanol–water partition coefficient (Wildman–Crippen LogP) is 3.51. The number of benzene rings is 1. The summed E-state index contributed by atoms with van der Waals surface area (Å²) in [5, 5.41) is 3.69. The molecular formula is C19H25ClN2O2. The Morgan fingerprint density at radius 1 is 1.25 bits per heavy atom.